The van der Waals surface area contributed by atoms with E-state index in [0.29, 0.717) is 0 Å². The van der Waals surface area contributed by atoms with Crippen LogP contribution in [0.2, 0.25) is 0 Å². The molecule has 0 aliphatic carbocycles. The van der Waals surface area contributed by atoms with Crippen molar-refractivity contribution in [1.29, 1.82) is 0 Å². The first-order valence-electron chi connectivity index (χ1n) is 1.80. The number of thiazole rings is 1. The molecule has 0 aliphatic rings. The number of halogens is 4. The van der Waals surface area contributed by atoms with Crippen molar-refractivity contribution in [2.45, 2.75) is 0 Å². The maximum atomic E-state index is 5.01. The van der Waals surface area contributed by atoms with Gasteiger partial charge < -0.3 is 6.15 Å². The maximum Gasteiger partial charge on any atom is 0.0791 e. The summed E-state index contributed by atoms with van der Waals surface area (Å²) in [5.41, 5.74) is 1.79. The van der Waals surface area contributed by atoms with Crippen LogP contribution in [-0.2, 0) is 11.9 Å². The summed E-state index contributed by atoms with van der Waals surface area (Å²) in [7, 11) is 20.0. The fourth-order valence-electron chi connectivity index (χ4n) is 0.176. The third-order valence-corrected chi connectivity index (χ3v) is 0.869. The van der Waals surface area contributed by atoms with Gasteiger partial charge in [-0.3, -0.25) is 4.98 Å². The van der Waals surface area contributed by atoms with Crippen molar-refractivity contribution in [2.75, 3.05) is 0 Å². The maximum absolute atomic E-state index is 5.01. The van der Waals surface area contributed by atoms with Gasteiger partial charge in [0.2, 0.25) is 0 Å². The topological polar surface area (TPSA) is 46.4 Å². The van der Waals surface area contributed by atoms with Gasteiger partial charge in [-0.2, -0.15) is 0 Å². The summed E-state index contributed by atoms with van der Waals surface area (Å²) in [5, 5.41) is 1.93. The molecule has 72 valence electrons. The Morgan fingerprint density at radius 1 is 1.18 bits per heavy atom. The standard InChI is InChI=1S/C3H3NS.4ClH.H2N.Pt/c1-2-5-3-4-1;;;;;;/h1-3H;4*1H;1H2;/q;;;;;-1;+4/p-4. The van der Waals surface area contributed by atoms with E-state index in [-0.39, 0.29) is 6.15 Å². The van der Waals surface area contributed by atoms with Crippen LogP contribution in [0.4, 0.5) is 0 Å². The average molecular weight is 438 g/mol. The molecule has 0 saturated carbocycles. The molecular weight excluding hydrogens is 433 g/mol. The molecule has 8 heteroatoms. The third-order valence-electron chi connectivity index (χ3n) is 0.347. The Morgan fingerprint density at radius 2 is 1.64 bits per heavy atom. The molecule has 0 fully saturated rings. The molecule has 2 N–H and O–H groups in total. The summed E-state index contributed by atoms with van der Waals surface area (Å²) in [5.74, 6) is 0. The van der Waals surface area contributed by atoms with Crippen LogP contribution >= 0.6 is 49.0 Å². The number of nitrogens with two attached hydrogens (primary N) is 1. The van der Waals surface area contributed by atoms with Crippen LogP contribution in [0.3, 0.4) is 0 Å². The van der Waals surface area contributed by atoms with Crippen molar-refractivity contribution in [2.24, 2.45) is 0 Å². The quantitative estimate of drug-likeness (QED) is 0.584. The average Bonchev–Trinajstić information content (AvgIpc) is 2.07. The molecule has 0 amide bonds. The Labute approximate surface area is 88.3 Å². The molecule has 1 heterocycles. The first-order chi connectivity index (χ1) is 4.50. The van der Waals surface area contributed by atoms with Crippen molar-refractivity contribution in [3.8, 4) is 0 Å². The number of hydrogen-bond donors (Lipinski definition) is 0. The minimum absolute atomic E-state index is 0. The normalized spacial score (nSPS) is 10.5. The summed E-state index contributed by atoms with van der Waals surface area (Å²) in [6.45, 7) is 0. The molecule has 0 radical (unpaired) electrons. The minimum Gasteiger partial charge on any atom is -0.693 e. The van der Waals surface area contributed by atoms with Crippen molar-refractivity contribution in [3.05, 3.63) is 23.2 Å². The van der Waals surface area contributed by atoms with E-state index in [1.807, 2.05) is 5.38 Å². The van der Waals surface area contributed by atoms with Crippen LogP contribution in [0.1, 0.15) is 0 Å². The molecule has 0 unspecified atom stereocenters. The second-order valence-corrected chi connectivity index (χ2v) is 21.4. The predicted molar refractivity (Wildman–Crippen MR) is 50.8 cm³/mol. The van der Waals surface area contributed by atoms with Crippen molar-refractivity contribution < 1.29 is 11.9 Å². The monoisotopic (exact) mass is 436 g/mol. The molecule has 0 aromatic carbocycles. The summed E-state index contributed by atoms with van der Waals surface area (Å²) in [4.78, 5) is 3.74. The van der Waals surface area contributed by atoms with Gasteiger partial charge in [-0.05, 0) is 0 Å². The second-order valence-electron chi connectivity index (χ2n) is 0.947. The predicted octanol–water partition coefficient (Wildman–Crippen LogP) is 4.62. The fraction of sp³-hybridized carbons (Fsp3) is 0. The molecule has 0 atom stereocenters. The van der Waals surface area contributed by atoms with Crippen LogP contribution in [0.15, 0.2) is 17.1 Å². The fourth-order valence-corrected chi connectivity index (χ4v) is 0.527. The first-order valence-corrected chi connectivity index (χ1v) is 14.0. The molecule has 0 spiro atoms. The van der Waals surface area contributed by atoms with Crippen molar-refractivity contribution >= 4 is 49.0 Å². The van der Waals surface area contributed by atoms with E-state index in [0.717, 1.165) is 0 Å². The summed E-state index contributed by atoms with van der Waals surface area (Å²) in [6, 6.07) is 0. The van der Waals surface area contributed by atoms with Crippen LogP contribution in [0.5, 0.6) is 0 Å². The largest absolute Gasteiger partial charge is 0.693 e. The van der Waals surface area contributed by atoms with Crippen molar-refractivity contribution in [1.82, 2.24) is 4.98 Å². The smallest absolute Gasteiger partial charge is 0.0791 e. The summed E-state index contributed by atoms with van der Waals surface area (Å²) >= 11 is -1.45. The van der Waals surface area contributed by atoms with Gasteiger partial charge in [-0.1, -0.05) is 0 Å². The Kier molecular flexibility index (Phi) is 10.9. The molecule has 1 aromatic rings. The van der Waals surface area contributed by atoms with Gasteiger partial charge in [0.05, 0.1) is 5.51 Å². The minimum atomic E-state index is -3.06. The number of aromatic nitrogens is 1. The van der Waals surface area contributed by atoms with Gasteiger partial charge in [-0.25, -0.2) is 0 Å². The zero-order chi connectivity index (χ0) is 8.04. The van der Waals surface area contributed by atoms with E-state index in [1.54, 1.807) is 23.0 Å². The molecule has 0 saturated heterocycles. The van der Waals surface area contributed by atoms with Crippen LogP contribution in [0, 0.1) is 0 Å². The molecular formula is C3H5Cl4N2PtS-. The Hall–Kier alpha value is 1.44. The number of hydrogen-bond acceptors (Lipinski definition) is 2. The zero-order valence-corrected chi connectivity index (χ0v) is 11.1. The van der Waals surface area contributed by atoms with Gasteiger partial charge in [0.25, 0.3) is 0 Å². The van der Waals surface area contributed by atoms with E-state index in [9.17, 15) is 0 Å². The SMILES string of the molecule is [Cl][Pt]([Cl])([Cl])[Cl].[NH2-].c1cscn1. The van der Waals surface area contributed by atoms with Gasteiger partial charge in [0.15, 0.2) is 0 Å². The summed E-state index contributed by atoms with van der Waals surface area (Å²) in [6.07, 6.45) is 1.77. The van der Waals surface area contributed by atoms with Gasteiger partial charge in [0.1, 0.15) is 0 Å². The molecule has 1 rings (SSSR count). The molecule has 2 nitrogen and oxygen atoms in total. The first kappa shape index (κ1) is 14.9. The van der Waals surface area contributed by atoms with E-state index in [1.165, 1.54) is 0 Å². The Bertz CT molecular complexity index is 130. The molecule has 1 aromatic heterocycles. The summed E-state index contributed by atoms with van der Waals surface area (Å²) < 4.78 is 0. The molecule has 11 heavy (non-hydrogen) atoms. The van der Waals surface area contributed by atoms with Crippen LogP contribution in [-0.4, -0.2) is 4.98 Å². The van der Waals surface area contributed by atoms with E-state index in [2.05, 4.69) is 4.98 Å². The number of rotatable bonds is 0. The van der Waals surface area contributed by atoms with Gasteiger partial charge >= 0.3 is 49.6 Å². The second kappa shape index (κ2) is 8.06. The Balaban J connectivity index is 0. The van der Waals surface area contributed by atoms with E-state index in [4.69, 9.17) is 37.7 Å². The number of nitrogens with zero attached hydrogens (tertiary/aromatic N) is 1. The van der Waals surface area contributed by atoms with Crippen LogP contribution < -0.4 is 0 Å². The molecule has 0 bridgehead atoms. The zero-order valence-electron chi connectivity index (χ0n) is 4.99. The molecule has 0 aliphatic heterocycles. The van der Waals surface area contributed by atoms with E-state index < -0.39 is 11.9 Å². The third kappa shape index (κ3) is 24.6. The van der Waals surface area contributed by atoms with Gasteiger partial charge in [-0.15, -0.1) is 11.3 Å². The van der Waals surface area contributed by atoms with Gasteiger partial charge in [0, 0.05) is 11.6 Å². The van der Waals surface area contributed by atoms with E-state index >= 15 is 0 Å². The van der Waals surface area contributed by atoms with Crippen molar-refractivity contribution in [3.63, 3.8) is 0 Å². The van der Waals surface area contributed by atoms with Crippen LogP contribution in [0.25, 0.3) is 6.15 Å². The Morgan fingerprint density at radius 3 is 1.73 bits per heavy atom.